The molecule has 2 aromatic carbocycles. The second-order valence-electron chi connectivity index (χ2n) is 6.18. The van der Waals surface area contributed by atoms with Crippen LogP contribution in [0.15, 0.2) is 54.9 Å². The molecule has 0 saturated heterocycles. The summed E-state index contributed by atoms with van der Waals surface area (Å²) in [5.74, 6) is 1.23. The Labute approximate surface area is 161 Å². The van der Waals surface area contributed by atoms with Gasteiger partial charge in [0.2, 0.25) is 0 Å². The van der Waals surface area contributed by atoms with Crippen LogP contribution in [0.2, 0.25) is 5.02 Å². The largest absolute Gasteiger partial charge is 0.486 e. The van der Waals surface area contributed by atoms with E-state index >= 15 is 0 Å². The smallest absolute Gasteiger partial charge is 0.326 e. The molecule has 0 spiro atoms. The number of fused-ring (bicyclic) bond motifs is 1. The Kier molecular flexibility index (Phi) is 4.64. The van der Waals surface area contributed by atoms with Crippen molar-refractivity contribution in [2.45, 2.75) is 20.1 Å². The summed E-state index contributed by atoms with van der Waals surface area (Å²) in [5, 5.41) is 3.52. The van der Waals surface area contributed by atoms with Crippen molar-refractivity contribution in [2.75, 3.05) is 10.2 Å². The number of nitrogens with one attached hydrogen (secondary N) is 1. The predicted octanol–water partition coefficient (Wildman–Crippen LogP) is 4.57. The lowest BCUT2D eigenvalue weighted by atomic mass is 10.1. The van der Waals surface area contributed by atoms with Crippen molar-refractivity contribution in [1.82, 2.24) is 9.97 Å². The van der Waals surface area contributed by atoms with E-state index in [-0.39, 0.29) is 12.6 Å². The Morgan fingerprint density at radius 1 is 1.19 bits per heavy atom. The fourth-order valence-electron chi connectivity index (χ4n) is 2.97. The van der Waals surface area contributed by atoms with E-state index in [1.807, 2.05) is 43.3 Å². The summed E-state index contributed by atoms with van der Waals surface area (Å²) in [6, 6.07) is 12.7. The minimum Gasteiger partial charge on any atom is -0.486 e. The predicted molar refractivity (Wildman–Crippen MR) is 104 cm³/mol. The van der Waals surface area contributed by atoms with E-state index in [9.17, 15) is 4.79 Å². The van der Waals surface area contributed by atoms with E-state index < -0.39 is 0 Å². The van der Waals surface area contributed by atoms with Gasteiger partial charge in [-0.05, 0) is 36.8 Å². The summed E-state index contributed by atoms with van der Waals surface area (Å²) in [6.45, 7) is 2.60. The number of hydrogen-bond acceptors (Lipinski definition) is 4. The zero-order valence-electron chi connectivity index (χ0n) is 14.6. The third-order valence-electron chi connectivity index (χ3n) is 4.38. The van der Waals surface area contributed by atoms with E-state index in [1.165, 1.54) is 0 Å². The fraction of sp³-hybridized carbons (Fsp3) is 0.150. The molecule has 2 amide bonds. The van der Waals surface area contributed by atoms with Gasteiger partial charge in [-0.1, -0.05) is 23.7 Å². The summed E-state index contributed by atoms with van der Waals surface area (Å²) >= 11 is 6.31. The molecule has 1 N–H and O–H groups in total. The molecule has 4 rings (SSSR count). The van der Waals surface area contributed by atoms with Crippen molar-refractivity contribution < 1.29 is 9.53 Å². The molecule has 1 aliphatic heterocycles. The molecule has 0 fully saturated rings. The maximum absolute atomic E-state index is 12.6. The highest BCUT2D eigenvalue weighted by Crippen LogP contribution is 2.34. The molecule has 6 nitrogen and oxygen atoms in total. The van der Waals surface area contributed by atoms with E-state index in [2.05, 4.69) is 15.3 Å². The number of aromatic nitrogens is 2. The summed E-state index contributed by atoms with van der Waals surface area (Å²) < 4.78 is 5.80. The van der Waals surface area contributed by atoms with Crippen LogP contribution < -0.4 is 15.0 Å². The lowest BCUT2D eigenvalue weighted by Gasteiger charge is -2.31. The van der Waals surface area contributed by atoms with Crippen molar-refractivity contribution in [3.05, 3.63) is 76.8 Å². The number of anilines is 2. The Balaban J connectivity index is 1.60. The third-order valence-corrected chi connectivity index (χ3v) is 4.73. The van der Waals surface area contributed by atoms with Gasteiger partial charge in [0.15, 0.2) is 5.82 Å². The molecule has 0 atom stereocenters. The van der Waals surface area contributed by atoms with Crippen LogP contribution in [0.5, 0.6) is 5.75 Å². The molecule has 0 unspecified atom stereocenters. The third kappa shape index (κ3) is 3.57. The van der Waals surface area contributed by atoms with Crippen LogP contribution in [0.1, 0.15) is 17.0 Å². The maximum Gasteiger partial charge on any atom is 0.326 e. The van der Waals surface area contributed by atoms with Gasteiger partial charge < -0.3 is 10.1 Å². The number of urea groups is 1. The summed E-state index contributed by atoms with van der Waals surface area (Å²) in [6.07, 6.45) is 3.34. The van der Waals surface area contributed by atoms with Gasteiger partial charge in [0.05, 0.1) is 12.2 Å². The van der Waals surface area contributed by atoms with Crippen molar-refractivity contribution in [1.29, 1.82) is 0 Å². The van der Waals surface area contributed by atoms with Gasteiger partial charge in [0.25, 0.3) is 0 Å². The van der Waals surface area contributed by atoms with E-state index in [1.54, 1.807) is 23.4 Å². The number of benzene rings is 2. The lowest BCUT2D eigenvalue weighted by Crippen LogP contribution is -2.39. The molecule has 27 heavy (non-hydrogen) atoms. The molecule has 136 valence electrons. The average molecular weight is 381 g/mol. The Morgan fingerprint density at radius 2 is 2.00 bits per heavy atom. The molecule has 7 heteroatoms. The first-order valence-electron chi connectivity index (χ1n) is 8.47. The molecule has 2 heterocycles. The van der Waals surface area contributed by atoms with E-state index in [4.69, 9.17) is 16.3 Å². The zero-order chi connectivity index (χ0) is 18.8. The summed E-state index contributed by atoms with van der Waals surface area (Å²) in [7, 11) is 0. The number of rotatable bonds is 4. The van der Waals surface area contributed by atoms with Crippen LogP contribution in [0, 0.1) is 6.92 Å². The van der Waals surface area contributed by atoms with Gasteiger partial charge in [-0.25, -0.2) is 14.8 Å². The number of amides is 2. The van der Waals surface area contributed by atoms with Crippen molar-refractivity contribution in [2.24, 2.45) is 0 Å². The van der Waals surface area contributed by atoms with Gasteiger partial charge in [-0.3, -0.25) is 4.90 Å². The standard InChI is InChI=1S/C20H17ClN4O2/c1-13-6-7-14(27-12-19-22-8-3-9-23-19)10-18(13)25-11-15-16(21)4-2-5-17(15)24-20(25)26/h2-10H,11-12H2,1H3,(H,24,26). The number of carbonyl (C=O) groups excluding carboxylic acids is 1. The fourth-order valence-corrected chi connectivity index (χ4v) is 3.20. The van der Waals surface area contributed by atoms with Crippen molar-refractivity contribution >= 4 is 29.0 Å². The minimum absolute atomic E-state index is 0.198. The Bertz CT molecular complexity index is 995. The quantitative estimate of drug-likeness (QED) is 0.720. The first-order chi connectivity index (χ1) is 13.1. The highest BCUT2D eigenvalue weighted by atomic mass is 35.5. The highest BCUT2D eigenvalue weighted by molar-refractivity contribution is 6.32. The average Bonchev–Trinajstić information content (AvgIpc) is 2.68. The van der Waals surface area contributed by atoms with Crippen LogP contribution in [-0.2, 0) is 13.2 Å². The van der Waals surface area contributed by atoms with E-state index in [0.717, 1.165) is 22.5 Å². The van der Waals surface area contributed by atoms with Gasteiger partial charge >= 0.3 is 6.03 Å². The molecule has 3 aromatic rings. The molecular weight excluding hydrogens is 364 g/mol. The van der Waals surface area contributed by atoms with Gasteiger partial charge in [-0.2, -0.15) is 0 Å². The topological polar surface area (TPSA) is 67.4 Å². The molecule has 1 aromatic heterocycles. The lowest BCUT2D eigenvalue weighted by molar-refractivity contribution is 0.256. The first kappa shape index (κ1) is 17.3. The van der Waals surface area contributed by atoms with Crippen molar-refractivity contribution in [3.8, 4) is 5.75 Å². The number of nitrogens with zero attached hydrogens (tertiary/aromatic N) is 3. The first-order valence-corrected chi connectivity index (χ1v) is 8.85. The van der Waals surface area contributed by atoms with Gasteiger partial charge in [0.1, 0.15) is 12.4 Å². The maximum atomic E-state index is 12.6. The summed E-state index contributed by atoms with van der Waals surface area (Å²) in [4.78, 5) is 22.6. The zero-order valence-corrected chi connectivity index (χ0v) is 15.4. The van der Waals surface area contributed by atoms with E-state index in [0.29, 0.717) is 23.1 Å². The number of aryl methyl sites for hydroxylation is 1. The SMILES string of the molecule is Cc1ccc(OCc2ncccn2)cc1N1Cc2c(Cl)cccc2NC1=O. The van der Waals surface area contributed by atoms with Crippen LogP contribution in [0.4, 0.5) is 16.2 Å². The normalized spacial score (nSPS) is 13.1. The monoisotopic (exact) mass is 380 g/mol. The number of ether oxygens (including phenoxy) is 1. The number of halogens is 1. The second-order valence-corrected chi connectivity index (χ2v) is 6.59. The second kappa shape index (κ2) is 7.25. The Morgan fingerprint density at radius 3 is 2.81 bits per heavy atom. The van der Waals surface area contributed by atoms with Crippen LogP contribution in [0.3, 0.4) is 0 Å². The molecule has 0 aliphatic carbocycles. The molecular formula is C20H17ClN4O2. The summed E-state index contributed by atoms with van der Waals surface area (Å²) in [5.41, 5.74) is 3.37. The van der Waals surface area contributed by atoms with Gasteiger partial charge in [-0.15, -0.1) is 0 Å². The van der Waals surface area contributed by atoms with Crippen LogP contribution in [-0.4, -0.2) is 16.0 Å². The number of hydrogen-bond donors (Lipinski definition) is 1. The van der Waals surface area contributed by atoms with Gasteiger partial charge in [0, 0.05) is 34.7 Å². The number of carbonyl (C=O) groups is 1. The molecule has 0 radical (unpaired) electrons. The molecule has 0 saturated carbocycles. The Hall–Kier alpha value is -3.12. The molecule has 0 bridgehead atoms. The minimum atomic E-state index is -0.198. The van der Waals surface area contributed by atoms with Crippen LogP contribution >= 0.6 is 11.6 Å². The highest BCUT2D eigenvalue weighted by Gasteiger charge is 2.26. The van der Waals surface area contributed by atoms with Crippen molar-refractivity contribution in [3.63, 3.8) is 0 Å². The van der Waals surface area contributed by atoms with Crippen LogP contribution in [0.25, 0.3) is 0 Å². The molecule has 1 aliphatic rings.